The lowest BCUT2D eigenvalue weighted by atomic mass is 10.2. The summed E-state index contributed by atoms with van der Waals surface area (Å²) in [5, 5.41) is 7.58. The highest BCUT2D eigenvalue weighted by Crippen LogP contribution is 2.16. The molecule has 2 nitrogen and oxygen atoms in total. The van der Waals surface area contributed by atoms with Crippen LogP contribution in [0.3, 0.4) is 0 Å². The normalized spacial score (nSPS) is 15.9. The molecule has 0 saturated heterocycles. The van der Waals surface area contributed by atoms with E-state index in [9.17, 15) is 4.79 Å². The largest absolute Gasteiger partial charge is 0.481 e. The van der Waals surface area contributed by atoms with Crippen LogP contribution in [0.4, 0.5) is 0 Å². The minimum absolute atomic E-state index is 0.0360. The van der Waals surface area contributed by atoms with E-state index in [2.05, 4.69) is 0 Å². The predicted octanol–water partition coefficient (Wildman–Crippen LogP) is 2.30. The molecular formula is C6H9Cl3O2. The van der Waals surface area contributed by atoms with Crippen molar-refractivity contribution in [3.8, 4) is 0 Å². The molecule has 0 amide bonds. The molecule has 0 fully saturated rings. The first kappa shape index (κ1) is 11.3. The van der Waals surface area contributed by atoms with Crippen molar-refractivity contribution in [2.45, 2.75) is 23.6 Å². The van der Waals surface area contributed by atoms with Crippen LogP contribution in [0.25, 0.3) is 0 Å². The number of hydrogen-bond acceptors (Lipinski definition) is 1. The molecule has 11 heavy (non-hydrogen) atoms. The molecule has 0 radical (unpaired) electrons. The zero-order valence-electron chi connectivity index (χ0n) is 5.77. The maximum Gasteiger partial charge on any atom is 0.303 e. The van der Waals surface area contributed by atoms with Crippen molar-refractivity contribution < 1.29 is 9.90 Å². The van der Waals surface area contributed by atoms with Crippen molar-refractivity contribution in [3.63, 3.8) is 0 Å². The van der Waals surface area contributed by atoms with Crippen molar-refractivity contribution in [1.29, 1.82) is 0 Å². The van der Waals surface area contributed by atoms with E-state index in [0.717, 1.165) is 0 Å². The highest BCUT2D eigenvalue weighted by atomic mass is 35.5. The molecule has 0 rings (SSSR count). The van der Waals surface area contributed by atoms with Crippen molar-refractivity contribution in [3.05, 3.63) is 0 Å². The van der Waals surface area contributed by atoms with Crippen molar-refractivity contribution >= 4 is 40.8 Å². The minimum atomic E-state index is -0.867. The Bertz CT molecular complexity index is 129. The van der Waals surface area contributed by atoms with Crippen LogP contribution in [0.2, 0.25) is 0 Å². The molecule has 0 saturated carbocycles. The van der Waals surface area contributed by atoms with Gasteiger partial charge in [-0.2, -0.15) is 0 Å². The molecule has 0 aromatic carbocycles. The van der Waals surface area contributed by atoms with Crippen LogP contribution in [0.15, 0.2) is 0 Å². The zero-order chi connectivity index (χ0) is 8.85. The van der Waals surface area contributed by atoms with Gasteiger partial charge in [0.1, 0.15) is 0 Å². The van der Waals surface area contributed by atoms with Gasteiger partial charge in [0.2, 0.25) is 0 Å². The maximum absolute atomic E-state index is 10.1. The number of hydrogen-bond donors (Lipinski definition) is 1. The molecule has 0 aromatic rings. The van der Waals surface area contributed by atoms with Gasteiger partial charge in [0.05, 0.1) is 10.8 Å². The summed E-state index contributed by atoms with van der Waals surface area (Å²) in [5.41, 5.74) is 0. The molecule has 2 atom stereocenters. The van der Waals surface area contributed by atoms with Crippen molar-refractivity contribution in [2.24, 2.45) is 0 Å². The van der Waals surface area contributed by atoms with Crippen LogP contribution in [0.1, 0.15) is 12.8 Å². The fourth-order valence-electron chi connectivity index (χ4n) is 0.539. The van der Waals surface area contributed by atoms with Gasteiger partial charge in [-0.05, 0) is 6.42 Å². The standard InChI is InChI=1S/C6H9Cl3O2/c7-3-5(9)4(8)1-2-6(10)11/h4-5H,1-3H2,(H,10,11). The summed E-state index contributed by atoms with van der Waals surface area (Å²) in [6.45, 7) is 0. The van der Waals surface area contributed by atoms with Gasteiger partial charge in [0.25, 0.3) is 0 Å². The number of alkyl halides is 3. The van der Waals surface area contributed by atoms with E-state index in [4.69, 9.17) is 39.9 Å². The second-order valence-electron chi connectivity index (χ2n) is 2.12. The molecule has 0 heterocycles. The van der Waals surface area contributed by atoms with Crippen LogP contribution >= 0.6 is 34.8 Å². The average molecular weight is 219 g/mol. The molecular weight excluding hydrogens is 210 g/mol. The smallest absolute Gasteiger partial charge is 0.303 e. The van der Waals surface area contributed by atoms with Crippen molar-refractivity contribution in [2.75, 3.05) is 5.88 Å². The number of halogens is 3. The average Bonchev–Trinajstić information content (AvgIpc) is 1.98. The molecule has 2 unspecified atom stereocenters. The van der Waals surface area contributed by atoms with Gasteiger partial charge in [-0.1, -0.05) is 0 Å². The molecule has 66 valence electrons. The lowest BCUT2D eigenvalue weighted by Gasteiger charge is -2.10. The maximum atomic E-state index is 10.1. The highest BCUT2D eigenvalue weighted by molar-refractivity contribution is 6.33. The molecule has 1 N–H and O–H groups in total. The van der Waals surface area contributed by atoms with Crippen LogP contribution in [-0.2, 0) is 4.79 Å². The fraction of sp³-hybridized carbons (Fsp3) is 0.833. The predicted molar refractivity (Wildman–Crippen MR) is 46.9 cm³/mol. The Morgan fingerprint density at radius 2 is 1.91 bits per heavy atom. The fourth-order valence-corrected chi connectivity index (χ4v) is 1.17. The molecule has 0 aromatic heterocycles. The summed E-state index contributed by atoms with van der Waals surface area (Å²) in [6.07, 6.45) is 0.395. The zero-order valence-corrected chi connectivity index (χ0v) is 8.03. The van der Waals surface area contributed by atoms with Gasteiger partial charge in [-0.25, -0.2) is 0 Å². The Balaban J connectivity index is 3.51. The van der Waals surface area contributed by atoms with Gasteiger partial charge in [0.15, 0.2) is 0 Å². The molecule has 0 aliphatic carbocycles. The first-order valence-corrected chi connectivity index (χ1v) is 4.54. The quantitative estimate of drug-likeness (QED) is 0.721. The van der Waals surface area contributed by atoms with E-state index in [1.54, 1.807) is 0 Å². The number of rotatable bonds is 5. The Kier molecular flexibility index (Phi) is 6.11. The summed E-state index contributed by atoms with van der Waals surface area (Å²) in [4.78, 5) is 10.1. The number of carbonyl (C=O) groups is 1. The Labute approximate surface area is 80.4 Å². The van der Waals surface area contributed by atoms with E-state index in [1.165, 1.54) is 0 Å². The lowest BCUT2D eigenvalue weighted by molar-refractivity contribution is -0.137. The SMILES string of the molecule is O=C(O)CCC(Cl)C(Cl)CCl. The summed E-state index contributed by atoms with van der Waals surface area (Å²) < 4.78 is 0. The third kappa shape index (κ3) is 5.59. The van der Waals surface area contributed by atoms with Gasteiger partial charge < -0.3 is 5.11 Å². The summed E-state index contributed by atoms with van der Waals surface area (Å²) in [7, 11) is 0. The number of carboxylic acids is 1. The summed E-state index contributed by atoms with van der Waals surface area (Å²) in [6, 6.07) is 0. The first-order chi connectivity index (χ1) is 5.07. The Morgan fingerprint density at radius 3 is 2.27 bits per heavy atom. The molecule has 0 bridgehead atoms. The Hall–Kier alpha value is 0.340. The molecule has 0 spiro atoms. The summed E-state index contributed by atoms with van der Waals surface area (Å²) >= 11 is 16.7. The van der Waals surface area contributed by atoms with Gasteiger partial charge in [-0.3, -0.25) is 4.79 Å². The van der Waals surface area contributed by atoms with Gasteiger partial charge in [0, 0.05) is 12.3 Å². The molecule has 0 aliphatic rings. The number of carboxylic acid groups (broad SMARTS) is 1. The van der Waals surface area contributed by atoms with Crippen LogP contribution in [0.5, 0.6) is 0 Å². The second-order valence-corrected chi connectivity index (χ2v) is 3.55. The van der Waals surface area contributed by atoms with E-state index in [0.29, 0.717) is 6.42 Å². The summed E-state index contributed by atoms with van der Waals surface area (Å²) in [5.74, 6) is -0.621. The molecule has 5 heteroatoms. The third-order valence-corrected chi connectivity index (χ3v) is 2.77. The minimum Gasteiger partial charge on any atom is -0.481 e. The highest BCUT2D eigenvalue weighted by Gasteiger charge is 2.16. The van der Waals surface area contributed by atoms with E-state index >= 15 is 0 Å². The van der Waals surface area contributed by atoms with Crippen LogP contribution in [-0.4, -0.2) is 27.7 Å². The van der Waals surface area contributed by atoms with Crippen molar-refractivity contribution in [1.82, 2.24) is 0 Å². The van der Waals surface area contributed by atoms with Crippen LogP contribution in [0, 0.1) is 0 Å². The lowest BCUT2D eigenvalue weighted by Crippen LogP contribution is -2.17. The van der Waals surface area contributed by atoms with E-state index in [1.807, 2.05) is 0 Å². The van der Waals surface area contributed by atoms with E-state index < -0.39 is 5.97 Å². The topological polar surface area (TPSA) is 37.3 Å². The second kappa shape index (κ2) is 5.92. The monoisotopic (exact) mass is 218 g/mol. The van der Waals surface area contributed by atoms with Gasteiger partial charge in [-0.15, -0.1) is 34.8 Å². The third-order valence-electron chi connectivity index (χ3n) is 1.17. The number of aliphatic carboxylic acids is 1. The van der Waals surface area contributed by atoms with Gasteiger partial charge >= 0.3 is 5.97 Å². The molecule has 0 aliphatic heterocycles. The van der Waals surface area contributed by atoms with Crippen LogP contribution < -0.4 is 0 Å². The first-order valence-electron chi connectivity index (χ1n) is 3.13. The van der Waals surface area contributed by atoms with E-state index in [-0.39, 0.29) is 23.1 Å². The Morgan fingerprint density at radius 1 is 1.36 bits per heavy atom.